The van der Waals surface area contributed by atoms with Crippen molar-refractivity contribution in [2.24, 2.45) is 0 Å². The summed E-state index contributed by atoms with van der Waals surface area (Å²) in [6.07, 6.45) is 0. The van der Waals surface area contributed by atoms with Gasteiger partial charge in [-0.3, -0.25) is 19.4 Å². The van der Waals surface area contributed by atoms with E-state index < -0.39 is 31.1 Å². The van der Waals surface area contributed by atoms with Crippen molar-refractivity contribution in [1.82, 2.24) is 9.80 Å². The first-order valence-corrected chi connectivity index (χ1v) is 9.34. The summed E-state index contributed by atoms with van der Waals surface area (Å²) < 4.78 is 0. The summed E-state index contributed by atoms with van der Waals surface area (Å²) in [6, 6.07) is 12.3. The number of benzene rings is 2. The molecule has 1 atom stereocenters. The summed E-state index contributed by atoms with van der Waals surface area (Å²) in [7, 11) is 0. The summed E-state index contributed by atoms with van der Waals surface area (Å²) >= 11 is 0. The normalized spacial score (nSPS) is 11.8. The Morgan fingerprint density at radius 2 is 1.29 bits per heavy atom. The molecule has 0 saturated heterocycles. The minimum absolute atomic E-state index is 0. The van der Waals surface area contributed by atoms with E-state index in [0.29, 0.717) is 11.1 Å². The maximum absolute atomic E-state index is 11.4. The Morgan fingerprint density at radius 1 is 0.806 bits per heavy atom. The molecule has 0 fully saturated rings. The SMILES string of the molecule is O=C(O)CN(Cc1ccccc1O)CC(CO)N(CC(=O)O)Cc1ccccc1O.[Fe+2]. The van der Waals surface area contributed by atoms with Gasteiger partial charge in [0.1, 0.15) is 11.5 Å². The minimum atomic E-state index is -1.12. The zero-order chi connectivity index (χ0) is 22.1. The van der Waals surface area contributed by atoms with Gasteiger partial charge in [-0.05, 0) is 12.1 Å². The van der Waals surface area contributed by atoms with E-state index in [1.54, 1.807) is 36.4 Å². The number of hydrogen-bond acceptors (Lipinski definition) is 7. The van der Waals surface area contributed by atoms with Crippen LogP contribution < -0.4 is 0 Å². The van der Waals surface area contributed by atoms with E-state index in [0.717, 1.165) is 0 Å². The Kier molecular flexibility index (Phi) is 11.0. The maximum Gasteiger partial charge on any atom is 2.00 e. The number of carboxylic acids is 2. The van der Waals surface area contributed by atoms with Crippen LogP contribution in [0.2, 0.25) is 0 Å². The fraction of sp³-hybridized carbons (Fsp3) is 0.333. The molecule has 0 aliphatic heterocycles. The molecule has 0 bridgehead atoms. The topological polar surface area (TPSA) is 142 Å². The van der Waals surface area contributed by atoms with Gasteiger partial charge in [-0.2, -0.15) is 0 Å². The monoisotopic (exact) mass is 474 g/mol. The van der Waals surface area contributed by atoms with Gasteiger partial charge in [0.15, 0.2) is 0 Å². The van der Waals surface area contributed by atoms with Crippen LogP contribution in [0.25, 0.3) is 0 Å². The van der Waals surface area contributed by atoms with Crippen LogP contribution in [0.4, 0.5) is 0 Å². The van der Waals surface area contributed by atoms with Crippen LogP contribution in [0.3, 0.4) is 0 Å². The first-order valence-electron chi connectivity index (χ1n) is 9.34. The molecule has 0 amide bonds. The number of aromatic hydroxyl groups is 2. The van der Waals surface area contributed by atoms with Gasteiger partial charge in [0.2, 0.25) is 0 Å². The van der Waals surface area contributed by atoms with Gasteiger partial charge in [-0.1, -0.05) is 36.4 Å². The average molecular weight is 474 g/mol. The van der Waals surface area contributed by atoms with Gasteiger partial charge in [0.05, 0.1) is 19.7 Å². The number of rotatable bonds is 12. The van der Waals surface area contributed by atoms with Crippen LogP contribution >= 0.6 is 0 Å². The number of phenolic OH excluding ortho intramolecular Hbond substituents is 2. The van der Waals surface area contributed by atoms with Crippen molar-refractivity contribution in [2.75, 3.05) is 26.2 Å². The van der Waals surface area contributed by atoms with Crippen molar-refractivity contribution in [3.63, 3.8) is 0 Å². The predicted octanol–water partition coefficient (Wildman–Crippen LogP) is 0.930. The third kappa shape index (κ3) is 8.56. The molecule has 5 N–H and O–H groups in total. The van der Waals surface area contributed by atoms with Crippen molar-refractivity contribution >= 4 is 11.9 Å². The smallest absolute Gasteiger partial charge is 0.508 e. The number of nitrogens with zero attached hydrogens (tertiary/aromatic N) is 2. The van der Waals surface area contributed by atoms with Crippen LogP contribution in [-0.2, 0) is 39.7 Å². The Hall–Kier alpha value is -2.62. The van der Waals surface area contributed by atoms with Crippen LogP contribution in [0, 0.1) is 0 Å². The Labute approximate surface area is 190 Å². The molecule has 0 aliphatic carbocycles. The standard InChI is InChI=1S/C21H26N2O7.Fe/c24-14-17(23(13-21(29)30)10-16-6-2-4-8-19(16)26)11-22(12-20(27)28)9-15-5-1-3-7-18(15)25;/h1-8,17,24-26H,9-14H2,(H,27,28)(H,29,30);/q;+2. The number of para-hydroxylation sites is 2. The van der Waals surface area contributed by atoms with Gasteiger partial charge >= 0.3 is 29.0 Å². The number of phenols is 2. The van der Waals surface area contributed by atoms with Crippen LogP contribution in [0.5, 0.6) is 11.5 Å². The van der Waals surface area contributed by atoms with E-state index >= 15 is 0 Å². The van der Waals surface area contributed by atoms with Gasteiger partial charge in [-0.25, -0.2) is 0 Å². The summed E-state index contributed by atoms with van der Waals surface area (Å²) in [6.45, 7) is -0.982. The second-order valence-electron chi connectivity index (χ2n) is 6.96. The van der Waals surface area contributed by atoms with Crippen molar-refractivity contribution in [2.45, 2.75) is 19.1 Å². The fourth-order valence-corrected chi connectivity index (χ4v) is 3.20. The van der Waals surface area contributed by atoms with E-state index in [-0.39, 0.29) is 54.7 Å². The first kappa shape index (κ1) is 26.4. The Morgan fingerprint density at radius 3 is 1.74 bits per heavy atom. The Balaban J connectivity index is 0.00000480. The third-order valence-corrected chi connectivity index (χ3v) is 4.64. The number of aliphatic hydroxyl groups excluding tert-OH is 1. The Bertz CT molecular complexity index is 865. The molecule has 9 nitrogen and oxygen atoms in total. The molecule has 0 radical (unpaired) electrons. The zero-order valence-electron chi connectivity index (χ0n) is 16.7. The van der Waals surface area contributed by atoms with E-state index in [4.69, 9.17) is 0 Å². The summed E-state index contributed by atoms with van der Waals surface area (Å²) in [5.41, 5.74) is 1.00. The summed E-state index contributed by atoms with van der Waals surface area (Å²) in [4.78, 5) is 25.7. The zero-order valence-corrected chi connectivity index (χ0v) is 17.8. The number of hydrogen-bond donors (Lipinski definition) is 5. The van der Waals surface area contributed by atoms with Gasteiger partial charge in [-0.15, -0.1) is 0 Å². The van der Waals surface area contributed by atoms with Crippen molar-refractivity contribution in [1.29, 1.82) is 0 Å². The number of aliphatic carboxylic acids is 2. The molecule has 0 aliphatic rings. The second kappa shape index (κ2) is 12.9. The number of carboxylic acid groups (broad SMARTS) is 2. The van der Waals surface area contributed by atoms with E-state index in [1.807, 2.05) is 0 Å². The van der Waals surface area contributed by atoms with Crippen molar-refractivity contribution in [3.8, 4) is 11.5 Å². The average Bonchev–Trinajstić information content (AvgIpc) is 2.68. The van der Waals surface area contributed by atoms with Gasteiger partial charge < -0.3 is 25.5 Å². The second-order valence-corrected chi connectivity index (χ2v) is 6.96. The fourth-order valence-electron chi connectivity index (χ4n) is 3.20. The van der Waals surface area contributed by atoms with Crippen molar-refractivity contribution in [3.05, 3.63) is 59.7 Å². The van der Waals surface area contributed by atoms with Crippen LogP contribution in [0.15, 0.2) is 48.5 Å². The van der Waals surface area contributed by atoms with Gasteiger partial charge in [0.25, 0.3) is 0 Å². The molecule has 0 saturated carbocycles. The molecule has 0 spiro atoms. The van der Waals surface area contributed by atoms with Crippen LogP contribution in [-0.4, -0.2) is 79.6 Å². The van der Waals surface area contributed by atoms with E-state index in [9.17, 15) is 35.1 Å². The number of aliphatic hydroxyl groups is 1. The third-order valence-electron chi connectivity index (χ3n) is 4.64. The molecule has 0 heterocycles. The van der Waals surface area contributed by atoms with Gasteiger partial charge in [0, 0.05) is 36.8 Å². The van der Waals surface area contributed by atoms with E-state index in [2.05, 4.69) is 0 Å². The molecule has 168 valence electrons. The maximum atomic E-state index is 11.4. The molecule has 1 unspecified atom stereocenters. The summed E-state index contributed by atoms with van der Waals surface area (Å²) in [5.74, 6) is -2.19. The van der Waals surface area contributed by atoms with E-state index in [1.165, 1.54) is 21.9 Å². The molecular weight excluding hydrogens is 448 g/mol. The molecule has 2 rings (SSSR count). The summed E-state index contributed by atoms with van der Waals surface area (Å²) in [5, 5.41) is 48.5. The number of carbonyl (C=O) groups is 2. The first-order chi connectivity index (χ1) is 14.3. The molecule has 2 aromatic rings. The molecule has 10 heteroatoms. The molecular formula is C21H26FeN2O7+2. The van der Waals surface area contributed by atoms with Crippen molar-refractivity contribution < 1.29 is 52.2 Å². The largest absolute Gasteiger partial charge is 2.00 e. The quantitative estimate of drug-likeness (QED) is 0.284. The molecule has 31 heavy (non-hydrogen) atoms. The predicted molar refractivity (Wildman–Crippen MR) is 108 cm³/mol. The minimum Gasteiger partial charge on any atom is -0.508 e. The molecule has 2 aromatic carbocycles. The molecule has 0 aromatic heterocycles. The van der Waals surface area contributed by atoms with Crippen LogP contribution in [0.1, 0.15) is 11.1 Å².